The molecule has 3 rings (SSSR count). The zero-order valence-corrected chi connectivity index (χ0v) is 13.4. The first kappa shape index (κ1) is 16.9. The molecule has 2 aromatic rings. The molecule has 2 aromatic carbocycles. The Hall–Kier alpha value is -1.98. The summed E-state index contributed by atoms with van der Waals surface area (Å²) >= 11 is 0. The number of ether oxygens (including phenoxy) is 2. The summed E-state index contributed by atoms with van der Waals surface area (Å²) in [4.78, 5) is 0. The zero-order valence-electron chi connectivity index (χ0n) is 13.4. The van der Waals surface area contributed by atoms with Crippen molar-refractivity contribution in [2.24, 2.45) is 0 Å². The molecule has 24 heavy (non-hydrogen) atoms. The third-order valence-electron chi connectivity index (χ3n) is 4.08. The van der Waals surface area contributed by atoms with Gasteiger partial charge in [0.1, 0.15) is 24.4 Å². The molecule has 0 radical (unpaired) electrons. The van der Waals surface area contributed by atoms with Gasteiger partial charge in [0, 0.05) is 0 Å². The fourth-order valence-electron chi connectivity index (χ4n) is 2.68. The van der Waals surface area contributed by atoms with Crippen molar-refractivity contribution in [1.82, 2.24) is 0 Å². The lowest BCUT2D eigenvalue weighted by molar-refractivity contribution is -0.127. The molecule has 4 atom stereocenters. The highest BCUT2D eigenvalue weighted by molar-refractivity contribution is 5.16. The van der Waals surface area contributed by atoms with Gasteiger partial charge in [0.15, 0.2) is 0 Å². The minimum atomic E-state index is -1.01. The second-order valence-electron chi connectivity index (χ2n) is 5.89. The number of hydrogen-bond donors (Lipinski definition) is 2. The standard InChI is InChI=1S/C20H22O4/c21-19-17(23-13-15-7-3-1-4-8-15)11-12-18(20(19)22)24-14-16-9-5-2-6-10-16/h1-12,17-22H,13-14H2/t17-,18-,19-,20-/m0/s1. The van der Waals surface area contributed by atoms with Crippen LogP contribution in [0, 0.1) is 0 Å². The van der Waals surface area contributed by atoms with Crippen LogP contribution in [0.1, 0.15) is 11.1 Å². The first-order valence-electron chi connectivity index (χ1n) is 8.09. The second-order valence-corrected chi connectivity index (χ2v) is 5.89. The Morgan fingerprint density at radius 3 is 1.38 bits per heavy atom. The van der Waals surface area contributed by atoms with Crippen LogP contribution in [0.5, 0.6) is 0 Å². The summed E-state index contributed by atoms with van der Waals surface area (Å²) in [7, 11) is 0. The van der Waals surface area contributed by atoms with Crippen LogP contribution in [-0.4, -0.2) is 34.6 Å². The minimum absolute atomic E-state index is 0.384. The Balaban J connectivity index is 1.54. The van der Waals surface area contributed by atoms with Crippen molar-refractivity contribution in [3.63, 3.8) is 0 Å². The number of rotatable bonds is 6. The maximum atomic E-state index is 10.3. The molecular weight excluding hydrogens is 304 g/mol. The van der Waals surface area contributed by atoms with E-state index in [4.69, 9.17) is 9.47 Å². The third kappa shape index (κ3) is 4.30. The molecule has 0 saturated carbocycles. The first-order valence-corrected chi connectivity index (χ1v) is 8.09. The fraction of sp³-hybridized carbons (Fsp3) is 0.300. The molecule has 0 aromatic heterocycles. The summed E-state index contributed by atoms with van der Waals surface area (Å²) in [5.74, 6) is 0. The van der Waals surface area contributed by atoms with Crippen molar-refractivity contribution in [3.8, 4) is 0 Å². The fourth-order valence-corrected chi connectivity index (χ4v) is 2.68. The van der Waals surface area contributed by atoms with E-state index in [1.54, 1.807) is 12.2 Å². The molecule has 4 heteroatoms. The Morgan fingerprint density at radius 2 is 1.00 bits per heavy atom. The lowest BCUT2D eigenvalue weighted by atomic mass is 9.96. The lowest BCUT2D eigenvalue weighted by Gasteiger charge is -2.33. The molecule has 0 spiro atoms. The third-order valence-corrected chi connectivity index (χ3v) is 4.08. The molecule has 0 heterocycles. The average molecular weight is 326 g/mol. The summed E-state index contributed by atoms with van der Waals surface area (Å²) in [6.07, 6.45) is 0.402. The van der Waals surface area contributed by atoms with Gasteiger partial charge >= 0.3 is 0 Å². The molecule has 4 nitrogen and oxygen atoms in total. The highest BCUT2D eigenvalue weighted by Gasteiger charge is 2.35. The molecule has 0 fully saturated rings. The molecule has 0 unspecified atom stereocenters. The van der Waals surface area contributed by atoms with Crippen LogP contribution in [0.3, 0.4) is 0 Å². The normalized spacial score (nSPS) is 26.4. The Bertz CT molecular complexity index is 584. The lowest BCUT2D eigenvalue weighted by Crippen LogP contribution is -2.48. The largest absolute Gasteiger partial charge is 0.387 e. The van der Waals surface area contributed by atoms with Crippen LogP contribution in [0.4, 0.5) is 0 Å². The molecule has 126 valence electrons. The Labute approximate surface area is 142 Å². The van der Waals surface area contributed by atoms with Crippen molar-refractivity contribution < 1.29 is 19.7 Å². The average Bonchev–Trinajstić information content (AvgIpc) is 2.64. The van der Waals surface area contributed by atoms with Crippen molar-refractivity contribution >= 4 is 0 Å². The first-order chi connectivity index (χ1) is 11.7. The maximum Gasteiger partial charge on any atom is 0.112 e. The van der Waals surface area contributed by atoms with Crippen molar-refractivity contribution in [1.29, 1.82) is 0 Å². The molecule has 0 bridgehead atoms. The molecule has 2 N–H and O–H groups in total. The summed E-state index contributed by atoms with van der Waals surface area (Å²) in [6, 6.07) is 19.5. The summed E-state index contributed by atoms with van der Waals surface area (Å²) in [5.41, 5.74) is 2.05. The number of hydrogen-bond acceptors (Lipinski definition) is 4. The van der Waals surface area contributed by atoms with Crippen molar-refractivity contribution in [2.45, 2.75) is 37.6 Å². The van der Waals surface area contributed by atoms with Gasteiger partial charge in [0.05, 0.1) is 13.2 Å². The zero-order chi connectivity index (χ0) is 16.8. The Morgan fingerprint density at radius 1 is 0.625 bits per heavy atom. The van der Waals surface area contributed by atoms with E-state index in [0.717, 1.165) is 11.1 Å². The van der Waals surface area contributed by atoms with Crippen molar-refractivity contribution in [2.75, 3.05) is 0 Å². The van der Waals surface area contributed by atoms with Crippen LogP contribution < -0.4 is 0 Å². The Kier molecular flexibility index (Phi) is 5.77. The van der Waals surface area contributed by atoms with Crippen LogP contribution in [0.15, 0.2) is 72.8 Å². The summed E-state index contributed by atoms with van der Waals surface area (Å²) in [5, 5.41) is 20.6. The van der Waals surface area contributed by atoms with Gasteiger partial charge in [0.2, 0.25) is 0 Å². The molecule has 1 aliphatic rings. The molecule has 0 amide bonds. The summed E-state index contributed by atoms with van der Waals surface area (Å²) in [6.45, 7) is 0.768. The number of aliphatic hydroxyl groups is 2. The smallest absolute Gasteiger partial charge is 0.112 e. The van der Waals surface area contributed by atoms with Gasteiger partial charge in [-0.25, -0.2) is 0 Å². The van der Waals surface area contributed by atoms with Gasteiger partial charge in [-0.05, 0) is 11.1 Å². The molecule has 1 aliphatic carbocycles. The van der Waals surface area contributed by atoms with Gasteiger partial charge in [0.25, 0.3) is 0 Å². The van der Waals surface area contributed by atoms with Gasteiger partial charge in [-0.2, -0.15) is 0 Å². The van der Waals surface area contributed by atoms with E-state index in [0.29, 0.717) is 13.2 Å². The molecular formula is C20H22O4. The predicted octanol–water partition coefficient (Wildman–Crippen LogP) is 2.45. The topological polar surface area (TPSA) is 58.9 Å². The van der Waals surface area contributed by atoms with E-state index in [-0.39, 0.29) is 0 Å². The van der Waals surface area contributed by atoms with Gasteiger partial charge in [-0.15, -0.1) is 0 Å². The van der Waals surface area contributed by atoms with Crippen LogP contribution in [0.25, 0.3) is 0 Å². The monoisotopic (exact) mass is 326 g/mol. The van der Waals surface area contributed by atoms with E-state index >= 15 is 0 Å². The number of aliphatic hydroxyl groups excluding tert-OH is 2. The van der Waals surface area contributed by atoms with Crippen LogP contribution in [0.2, 0.25) is 0 Å². The van der Waals surface area contributed by atoms with Gasteiger partial charge < -0.3 is 19.7 Å². The van der Waals surface area contributed by atoms with E-state index in [9.17, 15) is 10.2 Å². The highest BCUT2D eigenvalue weighted by Crippen LogP contribution is 2.21. The van der Waals surface area contributed by atoms with Crippen molar-refractivity contribution in [3.05, 3.63) is 83.9 Å². The van der Waals surface area contributed by atoms with E-state index in [2.05, 4.69) is 0 Å². The quantitative estimate of drug-likeness (QED) is 0.801. The predicted molar refractivity (Wildman–Crippen MR) is 91.2 cm³/mol. The van der Waals surface area contributed by atoms with Crippen LogP contribution in [-0.2, 0) is 22.7 Å². The van der Waals surface area contributed by atoms with Crippen LogP contribution >= 0.6 is 0 Å². The molecule has 0 aliphatic heterocycles. The maximum absolute atomic E-state index is 10.3. The second kappa shape index (κ2) is 8.22. The van der Waals surface area contributed by atoms with E-state index in [1.807, 2.05) is 60.7 Å². The summed E-state index contributed by atoms with van der Waals surface area (Å²) < 4.78 is 11.4. The van der Waals surface area contributed by atoms with E-state index < -0.39 is 24.4 Å². The van der Waals surface area contributed by atoms with Gasteiger partial charge in [-0.1, -0.05) is 72.8 Å². The highest BCUT2D eigenvalue weighted by atomic mass is 16.5. The SMILES string of the molecule is O[C@@H]1[C@@H](O)[C@@H](OCc2ccccc2)C=C[C@@H]1OCc1ccccc1. The number of benzene rings is 2. The molecule has 0 saturated heterocycles. The van der Waals surface area contributed by atoms with E-state index in [1.165, 1.54) is 0 Å². The van der Waals surface area contributed by atoms with Gasteiger partial charge in [-0.3, -0.25) is 0 Å². The minimum Gasteiger partial charge on any atom is -0.387 e.